The van der Waals surface area contributed by atoms with E-state index >= 15 is 0 Å². The van der Waals surface area contributed by atoms with E-state index < -0.39 is 0 Å². The summed E-state index contributed by atoms with van der Waals surface area (Å²) in [5.41, 5.74) is 0.515. The molecule has 1 aliphatic rings. The normalized spacial score (nSPS) is 15.2. The van der Waals surface area contributed by atoms with Crippen LogP contribution in [0.25, 0.3) is 0 Å². The largest absolute Gasteiger partial charge is 0.497 e. The molecular formula is C18H27NO4. The van der Waals surface area contributed by atoms with Gasteiger partial charge in [0.05, 0.1) is 25.9 Å². The highest BCUT2D eigenvalue weighted by atomic mass is 16.5. The second kappa shape index (κ2) is 9.40. The van der Waals surface area contributed by atoms with E-state index in [1.54, 1.807) is 32.4 Å². The Morgan fingerprint density at radius 1 is 1.17 bits per heavy atom. The van der Waals surface area contributed by atoms with E-state index in [0.29, 0.717) is 36.3 Å². The molecule has 23 heavy (non-hydrogen) atoms. The van der Waals surface area contributed by atoms with Crippen molar-refractivity contribution in [2.45, 2.75) is 44.6 Å². The Bertz CT molecular complexity index is 498. The first-order valence-electron chi connectivity index (χ1n) is 8.36. The van der Waals surface area contributed by atoms with Crippen molar-refractivity contribution >= 4 is 5.91 Å². The number of carbonyl (C=O) groups excluding carboxylic acids is 1. The number of methoxy groups -OCH3 is 2. The van der Waals surface area contributed by atoms with E-state index in [1.807, 2.05) is 0 Å². The van der Waals surface area contributed by atoms with Gasteiger partial charge in [0.25, 0.3) is 5.91 Å². The number of benzene rings is 1. The number of rotatable bonds is 8. The third kappa shape index (κ3) is 5.43. The Morgan fingerprint density at radius 2 is 1.96 bits per heavy atom. The minimum Gasteiger partial charge on any atom is -0.497 e. The van der Waals surface area contributed by atoms with Gasteiger partial charge in [-0.2, -0.15) is 0 Å². The maximum Gasteiger partial charge on any atom is 0.255 e. The van der Waals surface area contributed by atoms with Crippen molar-refractivity contribution in [3.63, 3.8) is 0 Å². The van der Waals surface area contributed by atoms with E-state index in [9.17, 15) is 4.79 Å². The van der Waals surface area contributed by atoms with Crippen LogP contribution in [0, 0.1) is 0 Å². The molecule has 1 N–H and O–H groups in total. The van der Waals surface area contributed by atoms with E-state index in [1.165, 1.54) is 32.1 Å². The van der Waals surface area contributed by atoms with Gasteiger partial charge in [0.15, 0.2) is 0 Å². The maximum absolute atomic E-state index is 12.2. The van der Waals surface area contributed by atoms with Gasteiger partial charge in [-0.3, -0.25) is 4.79 Å². The highest BCUT2D eigenvalue weighted by Gasteiger charge is 2.14. The summed E-state index contributed by atoms with van der Waals surface area (Å²) in [4.78, 5) is 12.2. The minimum absolute atomic E-state index is 0.137. The molecule has 0 radical (unpaired) electrons. The van der Waals surface area contributed by atoms with Crippen LogP contribution in [0.1, 0.15) is 48.9 Å². The lowest BCUT2D eigenvalue weighted by atomic mass is 9.98. The van der Waals surface area contributed by atoms with E-state index in [-0.39, 0.29) is 5.91 Å². The summed E-state index contributed by atoms with van der Waals surface area (Å²) in [6, 6.07) is 5.18. The summed E-state index contributed by atoms with van der Waals surface area (Å²) in [7, 11) is 3.13. The second-order valence-corrected chi connectivity index (χ2v) is 5.81. The van der Waals surface area contributed by atoms with Crippen molar-refractivity contribution in [3.05, 3.63) is 23.8 Å². The van der Waals surface area contributed by atoms with Crippen LogP contribution in [-0.4, -0.2) is 39.4 Å². The Hall–Kier alpha value is -1.75. The zero-order valence-corrected chi connectivity index (χ0v) is 14.1. The molecule has 1 aromatic rings. The molecule has 0 aliphatic heterocycles. The number of ether oxygens (including phenoxy) is 3. The third-order valence-electron chi connectivity index (χ3n) is 4.17. The van der Waals surface area contributed by atoms with Crippen LogP contribution < -0.4 is 14.8 Å². The molecule has 1 fully saturated rings. The molecule has 128 valence electrons. The summed E-state index contributed by atoms with van der Waals surface area (Å²) in [6.45, 7) is 1.30. The van der Waals surface area contributed by atoms with Crippen LogP contribution in [-0.2, 0) is 4.74 Å². The van der Waals surface area contributed by atoms with Crippen molar-refractivity contribution in [2.24, 2.45) is 0 Å². The van der Waals surface area contributed by atoms with Crippen LogP contribution in [0.15, 0.2) is 18.2 Å². The van der Waals surface area contributed by atoms with E-state index in [2.05, 4.69) is 5.32 Å². The highest BCUT2D eigenvalue weighted by Crippen LogP contribution is 2.24. The standard InChI is InChI=1S/C18H27NO4/c1-21-15-9-10-16(17(13-15)22-2)18(20)19-11-6-12-23-14-7-4-3-5-8-14/h9-10,13-14H,3-8,11-12H2,1-2H3,(H,19,20). The third-order valence-corrected chi connectivity index (χ3v) is 4.17. The zero-order chi connectivity index (χ0) is 16.5. The molecule has 0 bridgehead atoms. The van der Waals surface area contributed by atoms with Crippen molar-refractivity contribution in [1.82, 2.24) is 5.32 Å². The Labute approximate surface area is 138 Å². The fourth-order valence-corrected chi connectivity index (χ4v) is 2.84. The smallest absolute Gasteiger partial charge is 0.255 e. The number of hydrogen-bond acceptors (Lipinski definition) is 4. The molecule has 0 atom stereocenters. The Kier molecular flexibility index (Phi) is 7.20. The average Bonchev–Trinajstić information content (AvgIpc) is 2.61. The first-order valence-corrected chi connectivity index (χ1v) is 8.36. The quantitative estimate of drug-likeness (QED) is 0.747. The molecule has 0 heterocycles. The average molecular weight is 321 g/mol. The van der Waals surface area contributed by atoms with Crippen molar-refractivity contribution < 1.29 is 19.0 Å². The summed E-state index contributed by atoms with van der Waals surface area (Å²) < 4.78 is 16.2. The molecule has 0 spiro atoms. The predicted octanol–water partition coefficient (Wildman–Crippen LogP) is 3.17. The lowest BCUT2D eigenvalue weighted by Gasteiger charge is -2.21. The van der Waals surface area contributed by atoms with Gasteiger partial charge in [0.1, 0.15) is 11.5 Å². The molecule has 0 aromatic heterocycles. The molecule has 5 heteroatoms. The Morgan fingerprint density at radius 3 is 2.65 bits per heavy atom. The lowest BCUT2D eigenvalue weighted by molar-refractivity contribution is 0.0273. The number of carbonyl (C=O) groups is 1. The van der Waals surface area contributed by atoms with Crippen LogP contribution in [0.3, 0.4) is 0 Å². The van der Waals surface area contributed by atoms with Crippen LogP contribution in [0.5, 0.6) is 11.5 Å². The molecule has 1 saturated carbocycles. The number of hydrogen-bond donors (Lipinski definition) is 1. The minimum atomic E-state index is -0.137. The van der Waals surface area contributed by atoms with Gasteiger partial charge in [-0.1, -0.05) is 19.3 Å². The molecule has 0 unspecified atom stereocenters. The first kappa shape index (κ1) is 17.6. The maximum atomic E-state index is 12.2. The molecule has 1 amide bonds. The molecule has 1 aromatic carbocycles. The van der Waals surface area contributed by atoms with Gasteiger partial charge in [-0.15, -0.1) is 0 Å². The van der Waals surface area contributed by atoms with E-state index in [4.69, 9.17) is 14.2 Å². The highest BCUT2D eigenvalue weighted by molar-refractivity contribution is 5.97. The van der Waals surface area contributed by atoms with Gasteiger partial charge >= 0.3 is 0 Å². The van der Waals surface area contributed by atoms with Crippen molar-refractivity contribution in [1.29, 1.82) is 0 Å². The van der Waals surface area contributed by atoms with Gasteiger partial charge in [0.2, 0.25) is 0 Å². The summed E-state index contributed by atoms with van der Waals surface area (Å²) in [5.74, 6) is 1.04. The fourth-order valence-electron chi connectivity index (χ4n) is 2.84. The molecule has 5 nitrogen and oxygen atoms in total. The van der Waals surface area contributed by atoms with Gasteiger partial charge in [-0.05, 0) is 31.4 Å². The molecule has 1 aliphatic carbocycles. The second-order valence-electron chi connectivity index (χ2n) is 5.81. The first-order chi connectivity index (χ1) is 11.2. The zero-order valence-electron chi connectivity index (χ0n) is 14.1. The van der Waals surface area contributed by atoms with Crippen LogP contribution >= 0.6 is 0 Å². The monoisotopic (exact) mass is 321 g/mol. The topological polar surface area (TPSA) is 56.8 Å². The van der Waals surface area contributed by atoms with E-state index in [0.717, 1.165) is 6.42 Å². The summed E-state index contributed by atoms with van der Waals surface area (Å²) >= 11 is 0. The molecule has 0 saturated heterocycles. The molecule has 2 rings (SSSR count). The Balaban J connectivity index is 1.72. The van der Waals surface area contributed by atoms with Crippen LogP contribution in [0.2, 0.25) is 0 Å². The van der Waals surface area contributed by atoms with Crippen molar-refractivity contribution in [3.8, 4) is 11.5 Å². The molecular weight excluding hydrogens is 294 g/mol. The number of nitrogens with one attached hydrogen (secondary N) is 1. The number of amides is 1. The lowest BCUT2D eigenvalue weighted by Crippen LogP contribution is -2.26. The van der Waals surface area contributed by atoms with Gasteiger partial charge < -0.3 is 19.5 Å². The summed E-state index contributed by atoms with van der Waals surface area (Å²) in [6.07, 6.45) is 7.48. The van der Waals surface area contributed by atoms with Gasteiger partial charge in [0, 0.05) is 19.2 Å². The van der Waals surface area contributed by atoms with Crippen LogP contribution in [0.4, 0.5) is 0 Å². The SMILES string of the molecule is COc1ccc(C(=O)NCCCOC2CCCCC2)c(OC)c1. The van der Waals surface area contributed by atoms with Gasteiger partial charge in [-0.25, -0.2) is 0 Å². The predicted molar refractivity (Wildman–Crippen MR) is 89.3 cm³/mol. The fraction of sp³-hybridized carbons (Fsp3) is 0.611. The van der Waals surface area contributed by atoms with Crippen molar-refractivity contribution in [2.75, 3.05) is 27.4 Å². The summed E-state index contributed by atoms with van der Waals surface area (Å²) in [5, 5.41) is 2.91.